The summed E-state index contributed by atoms with van der Waals surface area (Å²) in [6.45, 7) is 14.7. The smallest absolute Gasteiger partial charge is 0.254 e. The van der Waals surface area contributed by atoms with Crippen LogP contribution in [0.15, 0.2) is 65.7 Å². The lowest BCUT2D eigenvalue weighted by atomic mass is 10.00. The Balaban J connectivity index is 1.01. The number of hydrogen-bond acceptors (Lipinski definition) is 11. The summed E-state index contributed by atoms with van der Waals surface area (Å²) in [7, 11) is -1.35. The molecule has 0 saturated carbocycles. The van der Waals surface area contributed by atoms with Crippen LogP contribution in [0.4, 0.5) is 28.8 Å². The molecule has 1 unspecified atom stereocenters. The number of rotatable bonds is 13. The summed E-state index contributed by atoms with van der Waals surface area (Å²) in [5, 5.41) is 9.57. The lowest BCUT2D eigenvalue weighted by Gasteiger charge is -2.38. The second kappa shape index (κ2) is 17.2. The molecular formula is C43H55ClN8O4S. The Bertz CT molecular complexity index is 2200. The van der Waals surface area contributed by atoms with Crippen LogP contribution in [0.5, 0.6) is 5.75 Å². The van der Waals surface area contributed by atoms with Crippen LogP contribution >= 0.6 is 11.6 Å². The number of nitrogens with one attached hydrogen (secondary N) is 3. The number of aryl methyl sites for hydroxylation is 1. The lowest BCUT2D eigenvalue weighted by Crippen LogP contribution is -2.46. The molecule has 7 rings (SSSR count). The molecule has 3 N–H and O–H groups in total. The maximum absolute atomic E-state index is 13.2. The number of nitrogens with zero attached hydrogens (tertiary/aromatic N) is 5. The van der Waals surface area contributed by atoms with Gasteiger partial charge < -0.3 is 30.5 Å². The Morgan fingerprint density at radius 1 is 1.02 bits per heavy atom. The molecule has 1 amide bonds. The van der Waals surface area contributed by atoms with Gasteiger partial charge >= 0.3 is 0 Å². The zero-order valence-corrected chi connectivity index (χ0v) is 35.4. The van der Waals surface area contributed by atoms with Gasteiger partial charge in [0.05, 0.1) is 33.8 Å². The lowest BCUT2D eigenvalue weighted by molar-refractivity contribution is 0.0674. The number of anilines is 5. The zero-order valence-electron chi connectivity index (χ0n) is 33.8. The Labute approximate surface area is 342 Å². The molecule has 3 aliphatic heterocycles. The van der Waals surface area contributed by atoms with Crippen LogP contribution in [0, 0.1) is 6.92 Å². The van der Waals surface area contributed by atoms with Crippen molar-refractivity contribution in [3.05, 3.63) is 88.1 Å². The van der Waals surface area contributed by atoms with Crippen molar-refractivity contribution in [2.75, 3.05) is 48.8 Å². The predicted molar refractivity (Wildman–Crippen MR) is 228 cm³/mol. The van der Waals surface area contributed by atoms with Gasteiger partial charge in [-0.1, -0.05) is 35.9 Å². The van der Waals surface area contributed by atoms with Crippen molar-refractivity contribution in [1.29, 1.82) is 0 Å². The number of fused-ring (bicyclic) bond motifs is 1. The number of piperidine rings is 2. The molecule has 4 aromatic rings. The number of para-hydroxylation sites is 1. The highest BCUT2D eigenvalue weighted by Gasteiger charge is 2.34. The molecule has 0 spiro atoms. The van der Waals surface area contributed by atoms with E-state index >= 15 is 0 Å². The standard InChI is InChI=1S/C43H55ClN8O4S/c1-27(2)56-39-22-38(29(5)20-37(39)48-43-46-24-35(44)41(49-43)47-36-11-7-8-12-40(36)57(54,55)28(3)4)51-18-15-32(16-19-51)50(6)25-30-13-14-34-31(21-30)26-52(42(34)53)33-10-9-17-45-23-33/h7-8,11-14,20-22,24,27-28,32-33,45H,9-10,15-19,23,25-26H2,1-6H3,(H2,46,47,48,49). The summed E-state index contributed by atoms with van der Waals surface area (Å²) in [6.07, 6.45) is 5.64. The summed E-state index contributed by atoms with van der Waals surface area (Å²) in [4.78, 5) is 29.4. The van der Waals surface area contributed by atoms with Crippen LogP contribution < -0.4 is 25.6 Å². The van der Waals surface area contributed by atoms with E-state index in [1.165, 1.54) is 11.8 Å². The fourth-order valence-corrected chi connectivity index (χ4v) is 9.50. The number of aromatic nitrogens is 2. The minimum absolute atomic E-state index is 0.0760. The minimum atomic E-state index is -3.56. The Hall–Kier alpha value is -4.43. The van der Waals surface area contributed by atoms with E-state index in [4.69, 9.17) is 16.3 Å². The van der Waals surface area contributed by atoms with E-state index in [0.29, 0.717) is 29.7 Å². The summed E-state index contributed by atoms with van der Waals surface area (Å²) in [5.41, 5.74) is 6.58. The molecule has 1 aromatic heterocycles. The molecule has 12 nitrogen and oxygen atoms in total. The first-order valence-corrected chi connectivity index (χ1v) is 22.0. The molecule has 3 aliphatic rings. The number of benzene rings is 3. The average Bonchev–Trinajstić information content (AvgIpc) is 3.52. The van der Waals surface area contributed by atoms with Gasteiger partial charge in [-0.15, -0.1) is 0 Å². The van der Waals surface area contributed by atoms with Gasteiger partial charge in [0.15, 0.2) is 15.7 Å². The number of carbonyl (C=O) groups excluding carboxylic acids is 1. The van der Waals surface area contributed by atoms with E-state index in [9.17, 15) is 13.2 Å². The monoisotopic (exact) mass is 814 g/mol. The topological polar surface area (TPSA) is 132 Å². The van der Waals surface area contributed by atoms with Crippen molar-refractivity contribution in [2.24, 2.45) is 0 Å². The predicted octanol–water partition coefficient (Wildman–Crippen LogP) is 7.70. The van der Waals surface area contributed by atoms with E-state index in [-0.39, 0.29) is 39.7 Å². The molecule has 0 bridgehead atoms. The maximum Gasteiger partial charge on any atom is 0.254 e. The third kappa shape index (κ3) is 9.01. The first-order valence-electron chi connectivity index (χ1n) is 20.1. The fraction of sp³-hybridized carbons (Fsp3) is 0.465. The number of amides is 1. The molecule has 4 heterocycles. The number of hydrogen-bond donors (Lipinski definition) is 3. The molecule has 304 valence electrons. The Kier molecular flexibility index (Phi) is 12.3. The van der Waals surface area contributed by atoms with Crippen LogP contribution in [0.1, 0.15) is 80.4 Å². The SMILES string of the molecule is Cc1cc(Nc2ncc(Cl)c(Nc3ccccc3S(=O)(=O)C(C)C)n2)c(OC(C)C)cc1N1CCC(N(C)Cc2ccc3c(c2)CN(C2CCCNC2)C3=O)CC1. The molecule has 2 fully saturated rings. The molecule has 57 heavy (non-hydrogen) atoms. The van der Waals surface area contributed by atoms with Crippen LogP contribution in [-0.2, 0) is 22.9 Å². The van der Waals surface area contributed by atoms with Crippen molar-refractivity contribution in [3.8, 4) is 5.75 Å². The van der Waals surface area contributed by atoms with E-state index in [2.05, 4.69) is 78.9 Å². The number of halogens is 1. The van der Waals surface area contributed by atoms with Crippen molar-refractivity contribution in [2.45, 2.75) is 102 Å². The van der Waals surface area contributed by atoms with Gasteiger partial charge in [-0.3, -0.25) is 9.69 Å². The summed E-state index contributed by atoms with van der Waals surface area (Å²) in [5.74, 6) is 1.41. The largest absolute Gasteiger partial charge is 0.489 e. The number of sulfone groups is 1. The van der Waals surface area contributed by atoms with Crippen LogP contribution in [0.3, 0.4) is 0 Å². The van der Waals surface area contributed by atoms with Crippen molar-refractivity contribution < 1.29 is 17.9 Å². The van der Waals surface area contributed by atoms with Crippen LogP contribution in [-0.4, -0.2) is 90.8 Å². The van der Waals surface area contributed by atoms with Gasteiger partial charge in [-0.2, -0.15) is 4.98 Å². The van der Waals surface area contributed by atoms with Gasteiger partial charge in [0.25, 0.3) is 5.91 Å². The summed E-state index contributed by atoms with van der Waals surface area (Å²) in [6, 6.07) is 18.0. The molecule has 1 atom stereocenters. The fourth-order valence-electron chi connectivity index (χ4n) is 8.16. The van der Waals surface area contributed by atoms with Gasteiger partial charge in [0.1, 0.15) is 10.8 Å². The normalized spacial score (nSPS) is 17.8. The van der Waals surface area contributed by atoms with Crippen molar-refractivity contribution in [1.82, 2.24) is 25.1 Å². The highest BCUT2D eigenvalue weighted by molar-refractivity contribution is 7.92. The summed E-state index contributed by atoms with van der Waals surface area (Å²) < 4.78 is 32.5. The third-order valence-corrected chi connectivity index (χ3v) is 13.8. The minimum Gasteiger partial charge on any atom is -0.489 e. The van der Waals surface area contributed by atoms with Gasteiger partial charge in [-0.25, -0.2) is 13.4 Å². The molecule has 0 aliphatic carbocycles. The van der Waals surface area contributed by atoms with E-state index in [0.717, 1.165) is 80.8 Å². The second-order valence-electron chi connectivity index (χ2n) is 16.1. The van der Waals surface area contributed by atoms with Crippen LogP contribution in [0.2, 0.25) is 5.02 Å². The van der Waals surface area contributed by atoms with E-state index < -0.39 is 15.1 Å². The quantitative estimate of drug-likeness (QED) is 0.123. The van der Waals surface area contributed by atoms with Gasteiger partial charge in [0, 0.05) is 62.1 Å². The number of carbonyl (C=O) groups is 1. The first kappa shape index (κ1) is 40.8. The average molecular weight is 815 g/mol. The van der Waals surface area contributed by atoms with Crippen molar-refractivity contribution in [3.63, 3.8) is 0 Å². The Morgan fingerprint density at radius 2 is 1.79 bits per heavy atom. The van der Waals surface area contributed by atoms with E-state index in [1.807, 2.05) is 19.9 Å². The highest BCUT2D eigenvalue weighted by Crippen LogP contribution is 2.38. The first-order chi connectivity index (χ1) is 27.3. The highest BCUT2D eigenvalue weighted by atomic mass is 35.5. The Morgan fingerprint density at radius 3 is 2.51 bits per heavy atom. The molecule has 3 aromatic carbocycles. The molecule has 14 heteroatoms. The van der Waals surface area contributed by atoms with Crippen LogP contribution in [0.25, 0.3) is 0 Å². The molecule has 2 saturated heterocycles. The van der Waals surface area contributed by atoms with Gasteiger partial charge in [-0.05, 0) is 115 Å². The van der Waals surface area contributed by atoms with Gasteiger partial charge in [0.2, 0.25) is 5.95 Å². The van der Waals surface area contributed by atoms with Crippen molar-refractivity contribution >= 4 is 56.2 Å². The maximum atomic E-state index is 13.2. The van der Waals surface area contributed by atoms with E-state index in [1.54, 1.807) is 38.1 Å². The zero-order chi connectivity index (χ0) is 40.4. The molecule has 0 radical (unpaired) electrons. The molecular weight excluding hydrogens is 760 g/mol. The second-order valence-corrected chi connectivity index (χ2v) is 19.0. The third-order valence-electron chi connectivity index (χ3n) is 11.3. The summed E-state index contributed by atoms with van der Waals surface area (Å²) >= 11 is 6.52. The number of ether oxygens (including phenoxy) is 1.